The summed E-state index contributed by atoms with van der Waals surface area (Å²) in [7, 11) is 0. The van der Waals surface area contributed by atoms with Crippen LogP contribution in [0.15, 0.2) is 0 Å². The molecule has 0 aliphatic rings. The van der Waals surface area contributed by atoms with Crippen LogP contribution in [0, 0.1) is 0 Å². The lowest BCUT2D eigenvalue weighted by Crippen LogP contribution is -2.12. The van der Waals surface area contributed by atoms with Crippen LogP contribution in [0.2, 0.25) is 0 Å². The average Bonchev–Trinajstić information content (AvgIpc) is 2.14. The van der Waals surface area contributed by atoms with E-state index >= 15 is 0 Å². The van der Waals surface area contributed by atoms with Crippen molar-refractivity contribution in [1.82, 2.24) is 0 Å². The van der Waals surface area contributed by atoms with Gasteiger partial charge in [-0.3, -0.25) is 0 Å². The summed E-state index contributed by atoms with van der Waals surface area (Å²) in [6.45, 7) is 3.03. The van der Waals surface area contributed by atoms with Crippen molar-refractivity contribution >= 4 is 36.2 Å². The molecule has 0 aliphatic heterocycles. The Morgan fingerprint density at radius 1 is 1.38 bits per heavy atom. The maximum absolute atomic E-state index is 5.48. The van der Waals surface area contributed by atoms with Crippen molar-refractivity contribution in [1.29, 1.82) is 0 Å². The summed E-state index contributed by atoms with van der Waals surface area (Å²) in [5.74, 6) is 4.63. The minimum absolute atomic E-state index is 0.762. The van der Waals surface area contributed by atoms with Crippen LogP contribution in [-0.2, 0) is 0 Å². The fraction of sp³-hybridized carbons (Fsp3) is 1.00. The predicted octanol–water partition coefficient (Wildman–Crippen LogP) is 2.51. The Balaban J connectivity index is 3.41. The van der Waals surface area contributed by atoms with E-state index < -0.39 is 0 Å². The van der Waals surface area contributed by atoms with Crippen molar-refractivity contribution in [3.8, 4) is 0 Å². The number of thiol groups is 1. The second kappa shape index (κ2) is 11.1. The Morgan fingerprint density at radius 3 is 2.69 bits per heavy atom. The van der Waals surface area contributed by atoms with Gasteiger partial charge < -0.3 is 5.73 Å². The van der Waals surface area contributed by atoms with Crippen molar-refractivity contribution in [3.05, 3.63) is 0 Å². The summed E-state index contributed by atoms with van der Waals surface area (Å²) < 4.78 is 0. The third-order valence-corrected chi connectivity index (χ3v) is 4.72. The highest BCUT2D eigenvalue weighted by Crippen LogP contribution is 2.20. The second-order valence-corrected chi connectivity index (χ2v) is 5.87. The van der Waals surface area contributed by atoms with Crippen LogP contribution in [0.1, 0.15) is 19.8 Å². The van der Waals surface area contributed by atoms with Gasteiger partial charge in [-0.15, -0.1) is 0 Å². The van der Waals surface area contributed by atoms with E-state index in [4.69, 9.17) is 5.73 Å². The first-order valence-corrected chi connectivity index (χ1v) is 7.69. The van der Waals surface area contributed by atoms with Crippen LogP contribution < -0.4 is 5.73 Å². The molecule has 2 N–H and O–H groups in total. The first-order valence-electron chi connectivity index (χ1n) is 4.85. The third-order valence-electron chi connectivity index (χ3n) is 1.57. The molecular formula is C9H21NS3. The van der Waals surface area contributed by atoms with Gasteiger partial charge >= 0.3 is 0 Å². The Labute approximate surface area is 96.4 Å². The fourth-order valence-electron chi connectivity index (χ4n) is 0.953. The smallest absolute Gasteiger partial charge is 0.0146 e. The van der Waals surface area contributed by atoms with Gasteiger partial charge in [0.2, 0.25) is 0 Å². The molecule has 0 rings (SSSR count). The highest BCUT2D eigenvalue weighted by molar-refractivity contribution is 8.03. The van der Waals surface area contributed by atoms with E-state index in [1.807, 2.05) is 11.8 Å². The largest absolute Gasteiger partial charge is 0.330 e. The summed E-state index contributed by atoms with van der Waals surface area (Å²) in [6, 6.07) is 0. The van der Waals surface area contributed by atoms with E-state index in [-0.39, 0.29) is 0 Å². The molecule has 0 bridgehead atoms. The van der Waals surface area contributed by atoms with Crippen molar-refractivity contribution in [3.63, 3.8) is 0 Å². The molecule has 0 saturated heterocycles. The Kier molecular flexibility index (Phi) is 11.9. The van der Waals surface area contributed by atoms with Crippen LogP contribution in [-0.4, -0.2) is 34.8 Å². The zero-order chi connectivity index (χ0) is 9.94. The molecule has 0 fully saturated rings. The number of nitrogens with two attached hydrogens (primary N) is 1. The SMILES string of the molecule is CCCSCC(CCS)SCCN. The molecule has 0 aromatic carbocycles. The van der Waals surface area contributed by atoms with Crippen LogP contribution in [0.5, 0.6) is 0 Å². The molecule has 0 amide bonds. The van der Waals surface area contributed by atoms with E-state index in [9.17, 15) is 0 Å². The van der Waals surface area contributed by atoms with E-state index in [0.29, 0.717) is 0 Å². The minimum Gasteiger partial charge on any atom is -0.330 e. The summed E-state index contributed by atoms with van der Waals surface area (Å²) in [5, 5.41) is 0.762. The molecule has 0 saturated carbocycles. The van der Waals surface area contributed by atoms with Crippen LogP contribution in [0.25, 0.3) is 0 Å². The standard InChI is InChI=1S/C9H21NS3/c1-2-6-12-8-9(3-5-11)13-7-4-10/h9,11H,2-8,10H2,1H3. The quantitative estimate of drug-likeness (QED) is 0.478. The number of hydrogen-bond donors (Lipinski definition) is 2. The molecule has 0 aromatic rings. The van der Waals surface area contributed by atoms with Crippen molar-refractivity contribution in [2.45, 2.75) is 25.0 Å². The number of rotatable bonds is 9. The van der Waals surface area contributed by atoms with Gasteiger partial charge in [-0.2, -0.15) is 36.2 Å². The summed E-state index contributed by atoms with van der Waals surface area (Å²) >= 11 is 8.33. The highest BCUT2D eigenvalue weighted by atomic mass is 32.2. The number of thioether (sulfide) groups is 2. The molecule has 0 aliphatic carbocycles. The van der Waals surface area contributed by atoms with E-state index in [0.717, 1.165) is 23.3 Å². The molecule has 0 radical (unpaired) electrons. The summed E-state index contributed by atoms with van der Waals surface area (Å²) in [5.41, 5.74) is 5.48. The lowest BCUT2D eigenvalue weighted by atomic mass is 10.4. The normalized spacial score (nSPS) is 13.2. The molecular weight excluding hydrogens is 218 g/mol. The monoisotopic (exact) mass is 239 g/mol. The van der Waals surface area contributed by atoms with Gasteiger partial charge in [0.1, 0.15) is 0 Å². The third kappa shape index (κ3) is 9.32. The first-order chi connectivity index (χ1) is 6.35. The number of hydrogen-bond acceptors (Lipinski definition) is 4. The molecule has 0 aromatic heterocycles. The van der Waals surface area contributed by atoms with Gasteiger partial charge in [0.25, 0.3) is 0 Å². The average molecular weight is 239 g/mol. The summed E-state index contributed by atoms with van der Waals surface area (Å²) in [6.07, 6.45) is 2.49. The van der Waals surface area contributed by atoms with Gasteiger partial charge in [0.05, 0.1) is 0 Å². The van der Waals surface area contributed by atoms with Crippen LogP contribution in [0.3, 0.4) is 0 Å². The van der Waals surface area contributed by atoms with Gasteiger partial charge in [-0.05, 0) is 24.3 Å². The maximum Gasteiger partial charge on any atom is 0.0146 e. The van der Waals surface area contributed by atoms with E-state index in [1.54, 1.807) is 0 Å². The first kappa shape index (κ1) is 14.0. The van der Waals surface area contributed by atoms with Crippen LogP contribution in [0.4, 0.5) is 0 Å². The lowest BCUT2D eigenvalue weighted by Gasteiger charge is -2.14. The minimum atomic E-state index is 0.762. The van der Waals surface area contributed by atoms with Crippen molar-refractivity contribution < 1.29 is 0 Å². The molecule has 4 heteroatoms. The van der Waals surface area contributed by atoms with Gasteiger partial charge in [-0.1, -0.05) is 6.92 Å². The summed E-state index contributed by atoms with van der Waals surface area (Å²) in [4.78, 5) is 0. The lowest BCUT2D eigenvalue weighted by molar-refractivity contribution is 0.925. The predicted molar refractivity (Wildman–Crippen MR) is 71.4 cm³/mol. The molecule has 1 unspecified atom stereocenters. The molecule has 1 nitrogen and oxygen atoms in total. The molecule has 0 heterocycles. The van der Waals surface area contributed by atoms with Crippen molar-refractivity contribution in [2.24, 2.45) is 5.73 Å². The van der Waals surface area contributed by atoms with E-state index in [1.165, 1.54) is 24.3 Å². The molecule has 80 valence electrons. The topological polar surface area (TPSA) is 26.0 Å². The molecule has 13 heavy (non-hydrogen) atoms. The second-order valence-electron chi connectivity index (χ2n) is 2.87. The zero-order valence-electron chi connectivity index (χ0n) is 8.37. The Morgan fingerprint density at radius 2 is 2.15 bits per heavy atom. The van der Waals surface area contributed by atoms with E-state index in [2.05, 4.69) is 31.3 Å². The Hall–Kier alpha value is 1.01. The van der Waals surface area contributed by atoms with Crippen molar-refractivity contribution in [2.75, 3.05) is 29.6 Å². The van der Waals surface area contributed by atoms with Crippen LogP contribution >= 0.6 is 36.2 Å². The maximum atomic E-state index is 5.48. The van der Waals surface area contributed by atoms with Gasteiger partial charge in [0, 0.05) is 23.3 Å². The molecule has 1 atom stereocenters. The van der Waals surface area contributed by atoms with Gasteiger partial charge in [-0.25, -0.2) is 0 Å². The highest BCUT2D eigenvalue weighted by Gasteiger charge is 2.07. The molecule has 0 spiro atoms. The Bertz CT molecular complexity index is 101. The zero-order valence-corrected chi connectivity index (χ0v) is 10.9. The van der Waals surface area contributed by atoms with Gasteiger partial charge in [0.15, 0.2) is 0 Å². The fourth-order valence-corrected chi connectivity index (χ4v) is 3.75.